The zero-order valence-electron chi connectivity index (χ0n) is 12.3. The second-order valence-electron chi connectivity index (χ2n) is 4.62. The molecule has 0 amide bonds. The summed E-state index contributed by atoms with van der Waals surface area (Å²) in [6, 6.07) is 0. The topological polar surface area (TPSA) is 248 Å². The summed E-state index contributed by atoms with van der Waals surface area (Å²) in [5.41, 5.74) is 6.50. The lowest BCUT2D eigenvalue weighted by molar-refractivity contribution is -0.155. The van der Waals surface area contributed by atoms with E-state index in [0.29, 0.717) is 4.57 Å². The van der Waals surface area contributed by atoms with Crippen molar-refractivity contribution in [3.8, 4) is 0 Å². The summed E-state index contributed by atoms with van der Waals surface area (Å²) in [7, 11) is -4.64. The summed E-state index contributed by atoms with van der Waals surface area (Å²) in [4.78, 5) is 59.9. The molecule has 0 saturated carbocycles. The Labute approximate surface area is 146 Å². The van der Waals surface area contributed by atoms with Crippen LogP contribution in [0.4, 0.5) is 5.82 Å². The number of phosphoric acid groups is 1. The SMILES string of the molecule is O=P(O)(O)O.[N-]=[N+]=Nc1c(Cl)c(=O)[nH]c(=O)n1[C@H]1C[C@H](O)[C@@H](C(=O)O)O1. The minimum atomic E-state index is -4.64. The maximum absolute atomic E-state index is 11.8. The Morgan fingerprint density at radius 1 is 1.42 bits per heavy atom. The molecule has 0 unspecified atom stereocenters. The third kappa shape index (κ3) is 5.66. The van der Waals surface area contributed by atoms with Crippen LogP contribution >= 0.6 is 19.4 Å². The summed E-state index contributed by atoms with van der Waals surface area (Å²) in [6.45, 7) is 0. The Morgan fingerprint density at radius 2 is 1.96 bits per heavy atom. The molecule has 0 aromatic carbocycles. The molecule has 0 bridgehead atoms. The summed E-state index contributed by atoms with van der Waals surface area (Å²) < 4.78 is 14.6. The average Bonchev–Trinajstić information content (AvgIpc) is 2.84. The highest BCUT2D eigenvalue weighted by Gasteiger charge is 2.41. The van der Waals surface area contributed by atoms with Gasteiger partial charge in [-0.3, -0.25) is 14.3 Å². The molecule has 2 heterocycles. The van der Waals surface area contributed by atoms with Crippen LogP contribution in [0.1, 0.15) is 12.6 Å². The summed E-state index contributed by atoms with van der Waals surface area (Å²) in [5, 5.41) is 21.0. The maximum Gasteiger partial charge on any atom is 0.466 e. The number of carboxylic acid groups (broad SMARTS) is 1. The number of H-pyrrole nitrogens is 1. The van der Waals surface area contributed by atoms with Gasteiger partial charge in [0.1, 0.15) is 17.1 Å². The fourth-order valence-electron chi connectivity index (χ4n) is 1.95. The minimum Gasteiger partial charge on any atom is -0.479 e. The third-order valence-corrected chi connectivity index (χ3v) is 3.17. The smallest absolute Gasteiger partial charge is 0.466 e. The number of aliphatic carboxylic acids is 1. The number of aliphatic hydroxyl groups excluding tert-OH is 1. The van der Waals surface area contributed by atoms with Gasteiger partial charge in [-0.05, 0) is 10.6 Å². The van der Waals surface area contributed by atoms with Crippen LogP contribution in [-0.4, -0.2) is 52.6 Å². The van der Waals surface area contributed by atoms with Crippen molar-refractivity contribution in [2.75, 3.05) is 0 Å². The van der Waals surface area contributed by atoms with E-state index in [1.165, 1.54) is 0 Å². The number of nitrogens with one attached hydrogen (secondary N) is 1. The normalized spacial score (nSPS) is 22.1. The molecule has 26 heavy (non-hydrogen) atoms. The highest BCUT2D eigenvalue weighted by atomic mass is 35.5. The molecule has 15 nitrogen and oxygen atoms in total. The second kappa shape index (κ2) is 8.44. The lowest BCUT2D eigenvalue weighted by Gasteiger charge is -2.16. The highest BCUT2D eigenvalue weighted by Crippen LogP contribution is 2.32. The largest absolute Gasteiger partial charge is 0.479 e. The number of ether oxygens (including phenoxy) is 1. The first kappa shape index (κ1) is 21.8. The molecule has 0 aliphatic carbocycles. The molecule has 1 aromatic rings. The van der Waals surface area contributed by atoms with Gasteiger partial charge in [0.2, 0.25) is 0 Å². The molecule has 1 fully saturated rings. The number of azide groups is 1. The maximum atomic E-state index is 11.8. The van der Waals surface area contributed by atoms with Gasteiger partial charge in [0.05, 0.1) is 6.10 Å². The number of aromatic amines is 1. The molecule has 1 aliphatic rings. The van der Waals surface area contributed by atoms with Crippen molar-refractivity contribution in [3.05, 3.63) is 36.3 Å². The molecule has 17 heteroatoms. The molecule has 0 spiro atoms. The Hall–Kier alpha value is -2.22. The minimum absolute atomic E-state index is 0.257. The number of halogens is 1. The lowest BCUT2D eigenvalue weighted by Crippen LogP contribution is -2.33. The van der Waals surface area contributed by atoms with E-state index in [2.05, 4.69) is 10.0 Å². The van der Waals surface area contributed by atoms with Crippen LogP contribution in [0.3, 0.4) is 0 Å². The number of aromatic nitrogens is 2. The predicted molar refractivity (Wildman–Crippen MR) is 81.6 cm³/mol. The number of nitrogens with zero attached hydrogens (tertiary/aromatic N) is 4. The van der Waals surface area contributed by atoms with Crippen LogP contribution in [0.2, 0.25) is 5.02 Å². The van der Waals surface area contributed by atoms with Crippen molar-refractivity contribution in [2.24, 2.45) is 5.11 Å². The molecule has 0 radical (unpaired) electrons. The Morgan fingerprint density at radius 3 is 2.38 bits per heavy atom. The van der Waals surface area contributed by atoms with Gasteiger partial charge < -0.3 is 29.6 Å². The van der Waals surface area contributed by atoms with E-state index >= 15 is 0 Å². The molecule has 144 valence electrons. The number of rotatable bonds is 3. The summed E-state index contributed by atoms with van der Waals surface area (Å²) in [6.07, 6.45) is -4.42. The van der Waals surface area contributed by atoms with Crippen molar-refractivity contribution in [1.82, 2.24) is 9.55 Å². The quantitative estimate of drug-likeness (QED) is 0.151. The van der Waals surface area contributed by atoms with Crippen LogP contribution in [0.15, 0.2) is 14.7 Å². The molecule has 1 saturated heterocycles. The number of carboxylic acids is 1. The van der Waals surface area contributed by atoms with Gasteiger partial charge in [0.25, 0.3) is 5.56 Å². The summed E-state index contributed by atoms with van der Waals surface area (Å²) >= 11 is 5.66. The molecule has 6 N–H and O–H groups in total. The van der Waals surface area contributed by atoms with Crippen molar-refractivity contribution < 1.29 is 39.0 Å². The van der Waals surface area contributed by atoms with Crippen LogP contribution in [-0.2, 0) is 14.1 Å². The second-order valence-corrected chi connectivity index (χ2v) is 6.03. The van der Waals surface area contributed by atoms with Crippen LogP contribution in [0.5, 0.6) is 0 Å². The first-order chi connectivity index (χ1) is 11.9. The summed E-state index contributed by atoms with van der Waals surface area (Å²) in [5.74, 6) is -1.94. The molecular formula is C9H11ClN5O10P. The van der Waals surface area contributed by atoms with Gasteiger partial charge in [-0.2, -0.15) is 0 Å². The zero-order chi connectivity index (χ0) is 20.2. The van der Waals surface area contributed by atoms with Gasteiger partial charge in [-0.25, -0.2) is 14.2 Å². The van der Waals surface area contributed by atoms with Gasteiger partial charge in [-0.15, -0.1) is 0 Å². The van der Waals surface area contributed by atoms with Crippen molar-refractivity contribution in [1.29, 1.82) is 0 Å². The first-order valence-corrected chi connectivity index (χ1v) is 8.25. The standard InChI is InChI=1S/C9H8ClN5O6.H3O4P/c10-4-6(13-14-11)15(9(20)12-7(4)17)3-1-2(16)5(21-3)8(18)19;1-5(2,3)4/h2-3,5,16H,1H2,(H,18,19)(H,12,17,20);(H3,1,2,3,4)/t2-,3+,5-;/m0./s1. The first-order valence-electron chi connectivity index (χ1n) is 6.30. The zero-order valence-corrected chi connectivity index (χ0v) is 14.0. The van der Waals surface area contributed by atoms with E-state index in [4.69, 9.17) is 46.2 Å². The average molecular weight is 416 g/mol. The Balaban J connectivity index is 0.000000597. The third-order valence-electron chi connectivity index (χ3n) is 2.83. The van der Waals surface area contributed by atoms with Crippen LogP contribution in [0.25, 0.3) is 10.4 Å². The lowest BCUT2D eigenvalue weighted by atomic mass is 10.2. The highest BCUT2D eigenvalue weighted by molar-refractivity contribution is 7.45. The van der Waals surface area contributed by atoms with E-state index < -0.39 is 54.3 Å². The monoisotopic (exact) mass is 415 g/mol. The molecule has 3 atom stereocenters. The van der Waals surface area contributed by atoms with E-state index in [1.807, 2.05) is 4.98 Å². The Kier molecular flexibility index (Phi) is 7.08. The van der Waals surface area contributed by atoms with E-state index in [1.54, 1.807) is 0 Å². The van der Waals surface area contributed by atoms with Crippen LogP contribution in [0, 0.1) is 0 Å². The molecular weight excluding hydrogens is 405 g/mol. The van der Waals surface area contributed by atoms with Crippen molar-refractivity contribution in [3.63, 3.8) is 0 Å². The van der Waals surface area contributed by atoms with Crippen molar-refractivity contribution >= 4 is 31.2 Å². The van der Waals surface area contributed by atoms with E-state index in [-0.39, 0.29) is 6.42 Å². The molecule has 2 rings (SSSR count). The molecule has 1 aromatic heterocycles. The van der Waals surface area contributed by atoms with Gasteiger partial charge >= 0.3 is 19.5 Å². The number of carbonyl (C=O) groups is 1. The van der Waals surface area contributed by atoms with Crippen molar-refractivity contribution in [2.45, 2.75) is 24.9 Å². The van der Waals surface area contributed by atoms with Gasteiger partial charge in [-0.1, -0.05) is 11.6 Å². The van der Waals surface area contributed by atoms with Gasteiger partial charge in [0, 0.05) is 11.3 Å². The number of hydrogen-bond donors (Lipinski definition) is 6. The van der Waals surface area contributed by atoms with E-state index in [9.17, 15) is 19.5 Å². The number of aliphatic hydroxyl groups is 1. The van der Waals surface area contributed by atoms with E-state index in [0.717, 1.165) is 0 Å². The van der Waals surface area contributed by atoms with Crippen LogP contribution < -0.4 is 11.2 Å². The fraction of sp³-hybridized carbons (Fsp3) is 0.444. The predicted octanol–water partition coefficient (Wildman–Crippen LogP) is -1.06. The number of hydrogen-bond acceptors (Lipinski definition) is 7. The Bertz CT molecular complexity index is 893. The molecule has 1 aliphatic heterocycles. The fourth-order valence-corrected chi connectivity index (χ4v) is 2.13. The van der Waals surface area contributed by atoms with Gasteiger partial charge in [0.15, 0.2) is 6.10 Å².